The van der Waals surface area contributed by atoms with Crippen molar-refractivity contribution in [3.63, 3.8) is 0 Å². The Morgan fingerprint density at radius 2 is 1.78 bits per heavy atom. The maximum atomic E-state index is 12.9. The minimum atomic E-state index is -3.41. The molecule has 1 N–H and O–H groups in total. The molecule has 1 amide bonds. The Kier molecular flexibility index (Phi) is 7.76. The van der Waals surface area contributed by atoms with Gasteiger partial charge in [-0.25, -0.2) is 0 Å². The van der Waals surface area contributed by atoms with Gasteiger partial charge in [0.05, 0.1) is 30.6 Å². The van der Waals surface area contributed by atoms with Crippen molar-refractivity contribution in [1.29, 1.82) is 5.26 Å². The molecule has 0 heterocycles. The number of halogens is 1. The Morgan fingerprint density at radius 3 is 2.33 bits per heavy atom. The number of nitrogens with one attached hydrogen (secondary N) is 1. The van der Waals surface area contributed by atoms with Crippen LogP contribution < -0.4 is 5.32 Å². The lowest BCUT2D eigenvalue weighted by atomic mass is 10.1. The summed E-state index contributed by atoms with van der Waals surface area (Å²) in [5, 5.41) is 12.4. The fourth-order valence-corrected chi connectivity index (χ4v) is 4.96. The van der Waals surface area contributed by atoms with E-state index in [0.717, 1.165) is 0 Å². The summed E-state index contributed by atoms with van der Waals surface area (Å²) in [5.41, 5.74) is 1.49. The molecular formula is C19H20BrN2O4P. The zero-order valence-corrected chi connectivity index (χ0v) is 17.5. The maximum Gasteiger partial charge on any atom is 0.335 e. The molecule has 0 radical (unpaired) electrons. The van der Waals surface area contributed by atoms with E-state index in [-0.39, 0.29) is 30.8 Å². The Balaban J connectivity index is 2.39. The summed E-state index contributed by atoms with van der Waals surface area (Å²) in [6.07, 6.45) is -0.0762. The summed E-state index contributed by atoms with van der Waals surface area (Å²) in [7, 11) is -3.41. The van der Waals surface area contributed by atoms with Gasteiger partial charge in [0.1, 0.15) is 6.07 Å². The molecule has 2 aromatic rings. The maximum absolute atomic E-state index is 12.9. The van der Waals surface area contributed by atoms with Crippen molar-refractivity contribution in [3.05, 3.63) is 63.6 Å². The summed E-state index contributed by atoms with van der Waals surface area (Å²) < 4.78 is 24.2. The summed E-state index contributed by atoms with van der Waals surface area (Å²) in [5.74, 6) is -0.335. The number of hydrogen-bond acceptors (Lipinski definition) is 5. The molecule has 6 nitrogen and oxygen atoms in total. The lowest BCUT2D eigenvalue weighted by Gasteiger charge is -2.19. The number of anilines is 1. The fourth-order valence-electron chi connectivity index (χ4n) is 2.51. The largest absolute Gasteiger partial charge is 0.335 e. The smallest absolute Gasteiger partial charge is 0.321 e. The van der Waals surface area contributed by atoms with Crippen LogP contribution in [0.3, 0.4) is 0 Å². The van der Waals surface area contributed by atoms with Crippen LogP contribution in [0.1, 0.15) is 35.3 Å². The van der Waals surface area contributed by atoms with Gasteiger partial charge in [0.15, 0.2) is 0 Å². The van der Waals surface area contributed by atoms with Gasteiger partial charge in [-0.3, -0.25) is 9.36 Å². The van der Waals surface area contributed by atoms with E-state index in [4.69, 9.17) is 9.05 Å². The average molecular weight is 451 g/mol. The van der Waals surface area contributed by atoms with Crippen molar-refractivity contribution in [2.45, 2.75) is 20.0 Å². The first-order valence-electron chi connectivity index (χ1n) is 8.40. The zero-order chi connectivity index (χ0) is 19.9. The molecule has 0 aliphatic rings. The Bertz CT molecular complexity index is 887. The van der Waals surface area contributed by atoms with Crippen LogP contribution in [0.25, 0.3) is 0 Å². The number of nitriles is 1. The van der Waals surface area contributed by atoms with Crippen LogP contribution >= 0.6 is 23.5 Å². The van der Waals surface area contributed by atoms with Crippen molar-refractivity contribution in [1.82, 2.24) is 0 Å². The van der Waals surface area contributed by atoms with E-state index in [1.54, 1.807) is 50.2 Å². The molecule has 0 aliphatic heterocycles. The Labute approximate surface area is 167 Å². The van der Waals surface area contributed by atoms with E-state index in [0.29, 0.717) is 21.3 Å². The van der Waals surface area contributed by atoms with Gasteiger partial charge in [-0.15, -0.1) is 0 Å². The zero-order valence-electron chi connectivity index (χ0n) is 15.1. The third-order valence-corrected chi connectivity index (χ3v) is 6.40. The van der Waals surface area contributed by atoms with Crippen molar-refractivity contribution >= 4 is 35.1 Å². The van der Waals surface area contributed by atoms with E-state index < -0.39 is 7.60 Å². The van der Waals surface area contributed by atoms with E-state index in [1.165, 1.54) is 0 Å². The van der Waals surface area contributed by atoms with Gasteiger partial charge in [0, 0.05) is 10.0 Å². The summed E-state index contributed by atoms with van der Waals surface area (Å²) >= 11 is 3.39. The third-order valence-electron chi connectivity index (χ3n) is 3.66. The van der Waals surface area contributed by atoms with Gasteiger partial charge in [-0.1, -0.05) is 34.1 Å². The number of carbonyl (C=O) groups excluding carboxylic acids is 1. The molecule has 0 saturated heterocycles. The van der Waals surface area contributed by atoms with Crippen molar-refractivity contribution < 1.29 is 18.4 Å². The molecule has 142 valence electrons. The molecule has 8 heteroatoms. The van der Waals surface area contributed by atoms with Crippen molar-refractivity contribution in [3.8, 4) is 6.07 Å². The number of carbonyl (C=O) groups is 1. The minimum Gasteiger partial charge on any atom is -0.321 e. The topological polar surface area (TPSA) is 88.4 Å². The number of benzene rings is 2. The Morgan fingerprint density at radius 1 is 1.15 bits per heavy atom. The molecule has 0 spiro atoms. The van der Waals surface area contributed by atoms with Crippen LogP contribution in [0.2, 0.25) is 0 Å². The van der Waals surface area contributed by atoms with Gasteiger partial charge >= 0.3 is 7.60 Å². The van der Waals surface area contributed by atoms with E-state index >= 15 is 0 Å². The normalized spacial score (nSPS) is 11.0. The first-order valence-corrected chi connectivity index (χ1v) is 10.9. The van der Waals surface area contributed by atoms with E-state index in [2.05, 4.69) is 27.3 Å². The van der Waals surface area contributed by atoms with Crippen LogP contribution in [0.15, 0.2) is 46.9 Å². The first kappa shape index (κ1) is 21.3. The average Bonchev–Trinajstić information content (AvgIpc) is 2.65. The molecule has 0 bridgehead atoms. The monoisotopic (exact) mass is 450 g/mol. The minimum absolute atomic E-state index is 0.0762. The molecule has 2 rings (SSSR count). The fraction of sp³-hybridized carbons (Fsp3) is 0.263. The van der Waals surface area contributed by atoms with Crippen LogP contribution in [0.4, 0.5) is 5.69 Å². The van der Waals surface area contributed by atoms with Gasteiger partial charge in [-0.2, -0.15) is 5.26 Å². The summed E-state index contributed by atoms with van der Waals surface area (Å²) in [6, 6.07) is 14.1. The van der Waals surface area contributed by atoms with Gasteiger partial charge in [0.2, 0.25) is 0 Å². The predicted octanol–water partition coefficient (Wildman–Crippen LogP) is 5.34. The predicted molar refractivity (Wildman–Crippen MR) is 108 cm³/mol. The van der Waals surface area contributed by atoms with Gasteiger partial charge in [-0.05, 0) is 43.7 Å². The van der Waals surface area contributed by atoms with Crippen LogP contribution in [-0.2, 0) is 19.8 Å². The van der Waals surface area contributed by atoms with E-state index in [1.807, 2.05) is 6.07 Å². The molecule has 0 aromatic heterocycles. The molecule has 0 unspecified atom stereocenters. The highest BCUT2D eigenvalue weighted by Crippen LogP contribution is 2.53. The number of amides is 1. The number of nitrogens with zero attached hydrogens (tertiary/aromatic N) is 1. The highest BCUT2D eigenvalue weighted by molar-refractivity contribution is 9.10. The molecule has 0 atom stereocenters. The molecular weight excluding hydrogens is 431 g/mol. The quantitative estimate of drug-likeness (QED) is 0.548. The van der Waals surface area contributed by atoms with Crippen LogP contribution in [-0.4, -0.2) is 19.1 Å². The summed E-state index contributed by atoms with van der Waals surface area (Å²) in [4.78, 5) is 12.4. The van der Waals surface area contributed by atoms with Crippen LogP contribution in [0, 0.1) is 11.3 Å². The molecule has 2 aromatic carbocycles. The van der Waals surface area contributed by atoms with Crippen molar-refractivity contribution in [2.75, 3.05) is 18.5 Å². The number of rotatable bonds is 8. The standard InChI is InChI=1S/C19H20BrN2O4P/c1-3-25-27(24,26-4-2)13-16-15(12-21)18(11-10-17(16)20)22-19(23)14-8-6-5-7-9-14/h5-11H,3-4,13H2,1-2H3,(H,22,23). The second-order valence-corrected chi connectivity index (χ2v) is 8.39. The van der Waals surface area contributed by atoms with Crippen LogP contribution in [0.5, 0.6) is 0 Å². The highest BCUT2D eigenvalue weighted by atomic mass is 79.9. The molecule has 0 fully saturated rings. The highest BCUT2D eigenvalue weighted by Gasteiger charge is 2.28. The molecule has 0 aliphatic carbocycles. The first-order chi connectivity index (χ1) is 12.9. The number of hydrogen-bond donors (Lipinski definition) is 1. The molecule has 27 heavy (non-hydrogen) atoms. The lowest BCUT2D eigenvalue weighted by molar-refractivity contribution is 0.102. The van der Waals surface area contributed by atoms with Gasteiger partial charge < -0.3 is 14.4 Å². The molecule has 0 saturated carbocycles. The van der Waals surface area contributed by atoms with E-state index in [9.17, 15) is 14.6 Å². The second kappa shape index (κ2) is 9.82. The SMILES string of the molecule is CCOP(=O)(Cc1c(Br)ccc(NC(=O)c2ccccc2)c1C#N)OCC. The lowest BCUT2D eigenvalue weighted by Crippen LogP contribution is -2.13. The summed E-state index contributed by atoms with van der Waals surface area (Å²) in [6.45, 7) is 3.90. The van der Waals surface area contributed by atoms with Crippen molar-refractivity contribution in [2.24, 2.45) is 0 Å². The Hall–Kier alpha value is -1.97. The third kappa shape index (κ3) is 5.50. The second-order valence-electron chi connectivity index (χ2n) is 5.49. The van der Waals surface area contributed by atoms with Gasteiger partial charge in [0.25, 0.3) is 5.91 Å².